The van der Waals surface area contributed by atoms with E-state index in [9.17, 15) is 0 Å². The summed E-state index contributed by atoms with van der Waals surface area (Å²) in [4.78, 5) is 0. The molecular formula is C13H32O6S2Si2. The molecule has 0 amide bonds. The SMILES string of the molecule is CO[Si](CCCSCSCCC[Si](OC)(OC)OC)(OC)OC. The molecule has 0 bridgehead atoms. The zero-order chi connectivity index (χ0) is 17.6. The Bertz CT molecular complexity index is 239. The molecule has 0 aromatic rings. The van der Waals surface area contributed by atoms with Gasteiger partial charge in [0.15, 0.2) is 0 Å². The van der Waals surface area contributed by atoms with E-state index in [1.54, 1.807) is 42.7 Å². The van der Waals surface area contributed by atoms with Crippen molar-refractivity contribution in [2.75, 3.05) is 59.2 Å². The van der Waals surface area contributed by atoms with Crippen LogP contribution in [0.3, 0.4) is 0 Å². The monoisotopic (exact) mass is 404 g/mol. The van der Waals surface area contributed by atoms with E-state index in [2.05, 4.69) is 0 Å². The summed E-state index contributed by atoms with van der Waals surface area (Å²) in [6.45, 7) is 0. The van der Waals surface area contributed by atoms with Crippen LogP contribution >= 0.6 is 23.5 Å². The maximum atomic E-state index is 5.41. The van der Waals surface area contributed by atoms with Gasteiger partial charge in [0.2, 0.25) is 0 Å². The maximum Gasteiger partial charge on any atom is 0.500 e. The van der Waals surface area contributed by atoms with Crippen molar-refractivity contribution in [3.05, 3.63) is 0 Å². The average molecular weight is 405 g/mol. The standard InChI is InChI=1S/C13H32O6S2Si2/c1-14-22(15-2,16-3)11-7-9-20-13-21-10-8-12-23(17-4,18-5)19-6/h7-13H2,1-6H3. The average Bonchev–Trinajstić information content (AvgIpc) is 2.61. The van der Waals surface area contributed by atoms with Gasteiger partial charge >= 0.3 is 17.6 Å². The molecule has 0 saturated carbocycles. The molecule has 23 heavy (non-hydrogen) atoms. The van der Waals surface area contributed by atoms with Crippen molar-refractivity contribution in [3.63, 3.8) is 0 Å². The van der Waals surface area contributed by atoms with E-state index in [1.807, 2.05) is 23.5 Å². The molecule has 140 valence electrons. The van der Waals surface area contributed by atoms with Gasteiger partial charge in [-0.2, -0.15) is 23.5 Å². The van der Waals surface area contributed by atoms with Gasteiger partial charge in [0.05, 0.1) is 0 Å². The number of thioether (sulfide) groups is 2. The van der Waals surface area contributed by atoms with Crippen LogP contribution in [0.4, 0.5) is 0 Å². The van der Waals surface area contributed by atoms with E-state index in [1.165, 1.54) is 0 Å². The van der Waals surface area contributed by atoms with Gasteiger partial charge in [-0.15, -0.1) is 0 Å². The van der Waals surface area contributed by atoms with E-state index in [4.69, 9.17) is 26.6 Å². The summed E-state index contributed by atoms with van der Waals surface area (Å²) >= 11 is 3.87. The molecule has 0 aliphatic heterocycles. The quantitative estimate of drug-likeness (QED) is 0.221. The zero-order valence-corrected chi connectivity index (χ0v) is 18.8. The summed E-state index contributed by atoms with van der Waals surface area (Å²) in [5.74, 6) is 2.18. The Morgan fingerprint density at radius 3 is 1.13 bits per heavy atom. The number of rotatable bonds is 16. The van der Waals surface area contributed by atoms with Crippen LogP contribution < -0.4 is 0 Å². The van der Waals surface area contributed by atoms with E-state index in [0.29, 0.717) is 0 Å². The lowest BCUT2D eigenvalue weighted by atomic mass is 10.6. The van der Waals surface area contributed by atoms with Gasteiger partial charge in [-0.25, -0.2) is 0 Å². The lowest BCUT2D eigenvalue weighted by Gasteiger charge is -2.24. The summed E-state index contributed by atoms with van der Waals surface area (Å²) in [5.41, 5.74) is 0. The smallest absolute Gasteiger partial charge is 0.377 e. The second-order valence-electron chi connectivity index (χ2n) is 4.73. The van der Waals surface area contributed by atoms with Crippen LogP contribution in [0.2, 0.25) is 12.1 Å². The van der Waals surface area contributed by atoms with E-state index in [0.717, 1.165) is 41.5 Å². The summed E-state index contributed by atoms with van der Waals surface area (Å²) < 4.78 is 32.4. The minimum absolute atomic E-state index is 0.859. The molecular weight excluding hydrogens is 372 g/mol. The summed E-state index contributed by atoms with van der Waals surface area (Å²) in [6, 6.07) is 1.72. The second-order valence-corrected chi connectivity index (χ2v) is 13.5. The third-order valence-electron chi connectivity index (χ3n) is 3.58. The van der Waals surface area contributed by atoms with E-state index < -0.39 is 17.6 Å². The molecule has 0 spiro atoms. The van der Waals surface area contributed by atoms with Crippen LogP contribution in [-0.4, -0.2) is 76.9 Å². The Morgan fingerprint density at radius 2 is 0.870 bits per heavy atom. The van der Waals surface area contributed by atoms with Crippen molar-refractivity contribution in [1.82, 2.24) is 0 Å². The Balaban J connectivity index is 3.64. The first kappa shape index (κ1) is 23.9. The first-order chi connectivity index (χ1) is 11.1. The minimum Gasteiger partial charge on any atom is -0.377 e. The molecule has 0 atom stereocenters. The molecule has 0 heterocycles. The highest BCUT2D eigenvalue weighted by Crippen LogP contribution is 2.21. The van der Waals surface area contributed by atoms with Crippen molar-refractivity contribution in [2.24, 2.45) is 0 Å². The molecule has 0 rings (SSSR count). The normalized spacial score (nSPS) is 12.8. The molecule has 0 aliphatic rings. The highest BCUT2D eigenvalue weighted by atomic mass is 32.2. The van der Waals surface area contributed by atoms with Gasteiger partial charge in [-0.05, 0) is 24.3 Å². The highest BCUT2D eigenvalue weighted by molar-refractivity contribution is 8.15. The Morgan fingerprint density at radius 1 is 0.565 bits per heavy atom. The molecule has 0 saturated heterocycles. The first-order valence-electron chi connectivity index (χ1n) is 7.54. The lowest BCUT2D eigenvalue weighted by Crippen LogP contribution is -2.42. The highest BCUT2D eigenvalue weighted by Gasteiger charge is 2.37. The van der Waals surface area contributed by atoms with Crippen LogP contribution in [0.15, 0.2) is 0 Å². The zero-order valence-electron chi connectivity index (χ0n) is 15.2. The molecule has 10 heteroatoms. The fourth-order valence-electron chi connectivity index (χ4n) is 2.07. The number of hydrogen-bond acceptors (Lipinski definition) is 8. The number of hydrogen-bond donors (Lipinski definition) is 0. The molecule has 0 radical (unpaired) electrons. The van der Waals surface area contributed by atoms with Gasteiger partial charge in [-0.3, -0.25) is 0 Å². The summed E-state index contributed by atoms with van der Waals surface area (Å²) in [7, 11) is 5.17. The topological polar surface area (TPSA) is 55.4 Å². The minimum atomic E-state index is -2.39. The lowest BCUT2D eigenvalue weighted by molar-refractivity contribution is 0.123. The van der Waals surface area contributed by atoms with Crippen LogP contribution in [0.1, 0.15) is 12.8 Å². The fourth-order valence-corrected chi connectivity index (χ4v) is 8.14. The van der Waals surface area contributed by atoms with Crippen LogP contribution in [0, 0.1) is 0 Å². The van der Waals surface area contributed by atoms with Crippen molar-refractivity contribution in [2.45, 2.75) is 24.9 Å². The third-order valence-corrected chi connectivity index (χ3v) is 11.7. The Hall–Kier alpha value is 0.894. The van der Waals surface area contributed by atoms with Gasteiger partial charge in [0.1, 0.15) is 0 Å². The van der Waals surface area contributed by atoms with Gasteiger partial charge in [0, 0.05) is 59.8 Å². The Labute approximate surface area is 152 Å². The summed E-state index contributed by atoms with van der Waals surface area (Å²) in [6.07, 6.45) is 2.08. The molecule has 0 aromatic heterocycles. The van der Waals surface area contributed by atoms with E-state index >= 15 is 0 Å². The maximum absolute atomic E-state index is 5.41. The van der Waals surface area contributed by atoms with E-state index in [-0.39, 0.29) is 0 Å². The van der Waals surface area contributed by atoms with Gasteiger partial charge in [-0.1, -0.05) is 0 Å². The first-order valence-corrected chi connectivity index (χ1v) is 13.7. The Kier molecular flexibility index (Phi) is 14.7. The largest absolute Gasteiger partial charge is 0.500 e. The van der Waals surface area contributed by atoms with Crippen molar-refractivity contribution in [3.8, 4) is 0 Å². The molecule has 0 fully saturated rings. The molecule has 0 aliphatic carbocycles. The molecule has 0 unspecified atom stereocenters. The van der Waals surface area contributed by atoms with Gasteiger partial charge in [0.25, 0.3) is 0 Å². The fraction of sp³-hybridized carbons (Fsp3) is 1.00. The van der Waals surface area contributed by atoms with Gasteiger partial charge < -0.3 is 26.6 Å². The predicted octanol–water partition coefficient (Wildman–Crippen LogP) is 2.95. The molecule has 0 N–H and O–H groups in total. The summed E-state index contributed by atoms with van der Waals surface area (Å²) in [5, 5.41) is 1.09. The predicted molar refractivity (Wildman–Crippen MR) is 102 cm³/mol. The second kappa shape index (κ2) is 14.1. The van der Waals surface area contributed by atoms with Crippen molar-refractivity contribution >= 4 is 41.1 Å². The molecule has 0 aromatic carbocycles. The van der Waals surface area contributed by atoms with Crippen LogP contribution in [0.5, 0.6) is 0 Å². The van der Waals surface area contributed by atoms with Crippen LogP contribution in [-0.2, 0) is 26.6 Å². The third kappa shape index (κ3) is 9.24. The van der Waals surface area contributed by atoms with Crippen molar-refractivity contribution < 1.29 is 26.6 Å². The molecule has 6 nitrogen and oxygen atoms in total. The van der Waals surface area contributed by atoms with Crippen LogP contribution in [0.25, 0.3) is 0 Å². The van der Waals surface area contributed by atoms with Crippen molar-refractivity contribution in [1.29, 1.82) is 0 Å².